The minimum Gasteiger partial charge on any atom is -0.460 e. The number of hydrogen-bond acceptors (Lipinski definition) is 10. The molecule has 3 rings (SSSR count). The number of halogens is 1. The van der Waals surface area contributed by atoms with Gasteiger partial charge in [0.05, 0.1) is 6.33 Å². The van der Waals surface area contributed by atoms with Crippen molar-refractivity contribution in [1.82, 2.24) is 19.5 Å². The van der Waals surface area contributed by atoms with Crippen molar-refractivity contribution in [3.8, 4) is 0 Å². The largest absolute Gasteiger partial charge is 0.460 e. The van der Waals surface area contributed by atoms with Crippen molar-refractivity contribution in [3.63, 3.8) is 0 Å². The van der Waals surface area contributed by atoms with Crippen LogP contribution in [0.1, 0.15) is 39.8 Å². The Kier molecular flexibility index (Phi) is 7.09. The number of nitrogens with one attached hydrogen (secondary N) is 1. The van der Waals surface area contributed by atoms with Crippen molar-refractivity contribution in [2.45, 2.75) is 64.3 Å². The number of nitrogen functional groups attached to an aromatic ring is 1. The molecule has 32 heavy (non-hydrogen) atoms. The molecule has 1 aliphatic rings. The molecular formula is C19H27FN6O6. The first kappa shape index (κ1) is 23.6. The molecular weight excluding hydrogens is 427 g/mol. The number of alkyl halides is 1. The molecule has 6 atom stereocenters. The molecule has 1 aliphatic heterocycles. The number of aromatic amines is 1. The second kappa shape index (κ2) is 9.61. The number of hydrogen-bond donors (Lipinski definition) is 3. The van der Waals surface area contributed by atoms with E-state index in [0.717, 1.165) is 0 Å². The van der Waals surface area contributed by atoms with Crippen LogP contribution in [0.25, 0.3) is 11.2 Å². The summed E-state index contributed by atoms with van der Waals surface area (Å²) in [6.07, 6.45) is -2.64. The lowest BCUT2D eigenvalue weighted by atomic mass is 10.0. The number of nitrogens with two attached hydrogens (primary N) is 2. The smallest absolute Gasteiger partial charge is 0.347 e. The highest BCUT2D eigenvalue weighted by atomic mass is 19.1. The van der Waals surface area contributed by atoms with Gasteiger partial charge in [0.1, 0.15) is 31.2 Å². The fraction of sp³-hybridized carbons (Fsp3) is 0.632. The number of imidazole rings is 1. The zero-order valence-electron chi connectivity index (χ0n) is 18.0. The molecule has 5 N–H and O–H groups in total. The quantitative estimate of drug-likeness (QED) is 0.466. The van der Waals surface area contributed by atoms with Crippen LogP contribution in [0.4, 0.5) is 10.3 Å². The summed E-state index contributed by atoms with van der Waals surface area (Å²) in [6.45, 7) is 4.64. The number of carbonyl (C=O) groups excluding carboxylic acids is 2. The molecule has 0 spiro atoms. The molecule has 0 amide bonds. The fourth-order valence-corrected chi connectivity index (χ4v) is 3.23. The first-order chi connectivity index (χ1) is 15.1. The van der Waals surface area contributed by atoms with E-state index in [-0.39, 0.29) is 29.5 Å². The molecule has 0 saturated carbocycles. The maximum atomic E-state index is 14.5. The Bertz CT molecular complexity index is 1040. The highest BCUT2D eigenvalue weighted by Gasteiger charge is 2.38. The van der Waals surface area contributed by atoms with Gasteiger partial charge in [0, 0.05) is 6.42 Å². The summed E-state index contributed by atoms with van der Waals surface area (Å²) in [5.74, 6) is -1.77. The van der Waals surface area contributed by atoms with Crippen LogP contribution in [0.2, 0.25) is 0 Å². The predicted molar refractivity (Wildman–Crippen MR) is 110 cm³/mol. The van der Waals surface area contributed by atoms with Crippen LogP contribution in [0.15, 0.2) is 11.1 Å². The van der Waals surface area contributed by atoms with E-state index in [0.29, 0.717) is 6.42 Å². The summed E-state index contributed by atoms with van der Waals surface area (Å²) < 4.78 is 31.7. The second-order valence-electron chi connectivity index (χ2n) is 7.78. The number of aromatic nitrogens is 4. The van der Waals surface area contributed by atoms with Gasteiger partial charge in [0.15, 0.2) is 17.3 Å². The first-order valence-electron chi connectivity index (χ1n) is 10.3. The average molecular weight is 454 g/mol. The monoisotopic (exact) mass is 454 g/mol. The number of H-pyrrole nitrogens is 1. The van der Waals surface area contributed by atoms with Crippen LogP contribution in [0.5, 0.6) is 0 Å². The van der Waals surface area contributed by atoms with E-state index in [1.165, 1.54) is 17.8 Å². The summed E-state index contributed by atoms with van der Waals surface area (Å²) in [4.78, 5) is 46.4. The highest BCUT2D eigenvalue weighted by molar-refractivity contribution is 5.81. The van der Waals surface area contributed by atoms with Crippen LogP contribution < -0.4 is 17.0 Å². The summed E-state index contributed by atoms with van der Waals surface area (Å²) in [7, 11) is 0. The zero-order valence-corrected chi connectivity index (χ0v) is 18.0. The maximum absolute atomic E-state index is 14.5. The average Bonchev–Trinajstić information content (AvgIpc) is 3.33. The lowest BCUT2D eigenvalue weighted by molar-refractivity contribution is -0.171. The molecule has 0 aromatic carbocycles. The number of carbonyl (C=O) groups is 2. The minimum atomic E-state index is -1.46. The van der Waals surface area contributed by atoms with Crippen molar-refractivity contribution < 1.29 is 28.2 Å². The zero-order chi connectivity index (χ0) is 23.6. The summed E-state index contributed by atoms with van der Waals surface area (Å²) >= 11 is 0. The van der Waals surface area contributed by atoms with Gasteiger partial charge in [-0.1, -0.05) is 20.3 Å². The second-order valence-corrected chi connectivity index (χ2v) is 7.78. The third kappa shape index (κ3) is 4.88. The topological polar surface area (TPSA) is 177 Å². The molecule has 3 heterocycles. The summed E-state index contributed by atoms with van der Waals surface area (Å²) in [5, 5.41) is 0. The van der Waals surface area contributed by atoms with Crippen LogP contribution in [-0.4, -0.2) is 62.5 Å². The van der Waals surface area contributed by atoms with Crippen molar-refractivity contribution in [3.05, 3.63) is 16.7 Å². The van der Waals surface area contributed by atoms with Gasteiger partial charge >= 0.3 is 11.9 Å². The van der Waals surface area contributed by atoms with Gasteiger partial charge in [-0.2, -0.15) is 4.98 Å². The number of ether oxygens (including phenoxy) is 3. The Labute approximate surface area is 182 Å². The molecule has 0 bridgehead atoms. The molecule has 1 saturated heterocycles. The van der Waals surface area contributed by atoms with Crippen LogP contribution in [0, 0.1) is 5.92 Å². The number of anilines is 1. The van der Waals surface area contributed by atoms with E-state index in [9.17, 15) is 18.8 Å². The molecule has 0 aliphatic carbocycles. The van der Waals surface area contributed by atoms with E-state index < -0.39 is 54.8 Å². The number of esters is 2. The summed E-state index contributed by atoms with van der Waals surface area (Å²) in [6, 6.07) is -0.857. The van der Waals surface area contributed by atoms with Gasteiger partial charge in [-0.15, -0.1) is 0 Å². The van der Waals surface area contributed by atoms with Crippen molar-refractivity contribution >= 4 is 29.1 Å². The lowest BCUT2D eigenvalue weighted by Crippen LogP contribution is -2.41. The fourth-order valence-electron chi connectivity index (χ4n) is 3.23. The Balaban J connectivity index is 1.57. The number of rotatable bonds is 8. The molecule has 13 heteroatoms. The van der Waals surface area contributed by atoms with Crippen molar-refractivity contribution in [1.29, 1.82) is 0 Å². The van der Waals surface area contributed by atoms with Gasteiger partial charge in [0.2, 0.25) is 5.95 Å². The normalized spacial score (nSPS) is 23.6. The van der Waals surface area contributed by atoms with E-state index in [2.05, 4.69) is 15.0 Å². The van der Waals surface area contributed by atoms with Crippen LogP contribution in [-0.2, 0) is 23.8 Å². The number of nitrogens with zero attached hydrogens (tertiary/aromatic N) is 3. The van der Waals surface area contributed by atoms with Crippen LogP contribution >= 0.6 is 0 Å². The first-order valence-corrected chi connectivity index (χ1v) is 10.3. The van der Waals surface area contributed by atoms with E-state index in [1.54, 1.807) is 6.92 Å². The standard InChI is InChI=1S/C19H27FN6O6/c1-4-8(2)13(21)18(29)31-9(3)17(28)30-6-11-10(20)5-12(32-11)26-7-23-14-15(26)24-19(22)25-16(14)27/h7-13H,4-6,21H2,1-3H3,(H3,22,24,25,27)/t8-,9?,10-,11+,12+,13-/m0/s1. The Morgan fingerprint density at radius 1 is 1.41 bits per heavy atom. The highest BCUT2D eigenvalue weighted by Crippen LogP contribution is 2.32. The van der Waals surface area contributed by atoms with Crippen LogP contribution in [0.3, 0.4) is 0 Å². The number of fused-ring (bicyclic) bond motifs is 1. The molecule has 1 fully saturated rings. The van der Waals surface area contributed by atoms with Gasteiger partial charge in [-0.25, -0.2) is 14.2 Å². The molecule has 1 unspecified atom stereocenters. The van der Waals surface area contributed by atoms with Gasteiger partial charge in [-0.3, -0.25) is 19.1 Å². The SMILES string of the molecule is CC[C@H](C)[C@H](N)C(=O)OC(C)C(=O)OC[C@H]1O[C@@H](n2cnc3c(=O)[nH]c(N)nc32)C[C@@H]1F. The van der Waals surface area contributed by atoms with E-state index in [4.69, 9.17) is 25.7 Å². The Morgan fingerprint density at radius 3 is 2.81 bits per heavy atom. The van der Waals surface area contributed by atoms with Gasteiger partial charge in [-0.05, 0) is 12.8 Å². The van der Waals surface area contributed by atoms with Gasteiger partial charge in [0.25, 0.3) is 5.56 Å². The molecule has 0 radical (unpaired) electrons. The van der Waals surface area contributed by atoms with Crippen molar-refractivity contribution in [2.75, 3.05) is 12.3 Å². The third-order valence-electron chi connectivity index (χ3n) is 5.47. The molecule has 2 aromatic heterocycles. The summed E-state index contributed by atoms with van der Waals surface area (Å²) in [5.41, 5.74) is 11.0. The third-order valence-corrected chi connectivity index (χ3v) is 5.47. The predicted octanol–water partition coefficient (Wildman–Crippen LogP) is 0.176. The molecule has 12 nitrogen and oxygen atoms in total. The Hall–Kier alpha value is -3.06. The van der Waals surface area contributed by atoms with E-state index in [1.807, 2.05) is 6.92 Å². The minimum absolute atomic E-state index is 0.0410. The van der Waals surface area contributed by atoms with E-state index >= 15 is 0 Å². The van der Waals surface area contributed by atoms with Gasteiger partial charge < -0.3 is 25.7 Å². The maximum Gasteiger partial charge on any atom is 0.347 e. The lowest BCUT2D eigenvalue weighted by Gasteiger charge is -2.20. The Morgan fingerprint density at radius 2 is 2.12 bits per heavy atom. The molecule has 176 valence electrons. The van der Waals surface area contributed by atoms with Crippen molar-refractivity contribution in [2.24, 2.45) is 11.7 Å². The molecule has 2 aromatic rings.